The molecule has 0 radical (unpaired) electrons. The van der Waals surface area contributed by atoms with Gasteiger partial charge in [-0.05, 0) is 59.7 Å². The van der Waals surface area contributed by atoms with Gasteiger partial charge >= 0.3 is 0 Å². The second-order valence-corrected chi connectivity index (χ2v) is 8.99. The van der Waals surface area contributed by atoms with E-state index in [4.69, 9.17) is 9.57 Å². The Morgan fingerprint density at radius 1 is 0.730 bits per heavy atom. The minimum atomic E-state index is -0.989. The number of halogens is 1. The highest BCUT2D eigenvalue weighted by Crippen LogP contribution is 2.47. The predicted molar refractivity (Wildman–Crippen MR) is 136 cm³/mol. The van der Waals surface area contributed by atoms with Crippen molar-refractivity contribution in [3.8, 4) is 5.75 Å². The summed E-state index contributed by atoms with van der Waals surface area (Å²) in [7, 11) is 0. The maximum absolute atomic E-state index is 13.6. The summed E-state index contributed by atoms with van der Waals surface area (Å²) in [4.78, 5) is 34.2. The van der Waals surface area contributed by atoms with E-state index in [1.807, 2.05) is 84.9 Å². The number of benzene rings is 4. The molecule has 0 saturated carbocycles. The SMILES string of the molecule is O=C1C2ON(c3ccccc3)C(c3ccc(OCc4ccccc4)cc3)C2C(=O)N1c1ccc(F)cc1. The van der Waals surface area contributed by atoms with Crippen LogP contribution in [0.25, 0.3) is 0 Å². The van der Waals surface area contributed by atoms with Crippen LogP contribution in [-0.4, -0.2) is 17.9 Å². The summed E-state index contributed by atoms with van der Waals surface area (Å²) in [5.41, 5.74) is 2.93. The van der Waals surface area contributed by atoms with E-state index in [9.17, 15) is 14.0 Å². The van der Waals surface area contributed by atoms with E-state index in [-0.39, 0.29) is 5.91 Å². The molecular weight excluding hydrogens is 471 g/mol. The molecule has 4 aromatic rings. The first-order valence-corrected chi connectivity index (χ1v) is 12.0. The molecule has 2 aliphatic rings. The summed E-state index contributed by atoms with van der Waals surface area (Å²) >= 11 is 0. The number of imide groups is 1. The monoisotopic (exact) mass is 494 g/mol. The number of fused-ring (bicyclic) bond motifs is 1. The van der Waals surface area contributed by atoms with Crippen LogP contribution < -0.4 is 14.7 Å². The zero-order valence-electron chi connectivity index (χ0n) is 19.7. The summed E-state index contributed by atoms with van der Waals surface area (Å²) in [6, 6.07) is 31.5. The number of anilines is 2. The number of rotatable bonds is 6. The molecule has 0 spiro atoms. The number of ether oxygens (including phenoxy) is 1. The Morgan fingerprint density at radius 3 is 2.05 bits per heavy atom. The Labute approximate surface area is 213 Å². The molecular formula is C30H23FN2O4. The molecule has 6 rings (SSSR count). The van der Waals surface area contributed by atoms with E-state index >= 15 is 0 Å². The molecule has 0 aromatic heterocycles. The molecule has 37 heavy (non-hydrogen) atoms. The van der Waals surface area contributed by atoms with E-state index in [1.165, 1.54) is 24.3 Å². The van der Waals surface area contributed by atoms with Crippen molar-refractivity contribution in [1.82, 2.24) is 0 Å². The molecule has 6 nitrogen and oxygen atoms in total. The third kappa shape index (κ3) is 4.23. The zero-order valence-corrected chi connectivity index (χ0v) is 19.7. The van der Waals surface area contributed by atoms with Crippen molar-refractivity contribution >= 4 is 23.2 Å². The van der Waals surface area contributed by atoms with Gasteiger partial charge in [0.15, 0.2) is 6.10 Å². The minimum absolute atomic E-state index is 0.323. The van der Waals surface area contributed by atoms with Gasteiger partial charge < -0.3 is 4.74 Å². The van der Waals surface area contributed by atoms with Gasteiger partial charge in [-0.2, -0.15) is 0 Å². The first-order chi connectivity index (χ1) is 18.1. The largest absolute Gasteiger partial charge is 0.489 e. The highest BCUT2D eigenvalue weighted by molar-refractivity contribution is 6.23. The lowest BCUT2D eigenvalue weighted by atomic mass is 9.90. The van der Waals surface area contributed by atoms with Gasteiger partial charge in [0.05, 0.1) is 17.4 Å². The van der Waals surface area contributed by atoms with Crippen molar-refractivity contribution in [3.63, 3.8) is 0 Å². The summed E-state index contributed by atoms with van der Waals surface area (Å²) in [5.74, 6) is -1.37. The lowest BCUT2D eigenvalue weighted by Gasteiger charge is -2.28. The van der Waals surface area contributed by atoms with Gasteiger partial charge in [-0.25, -0.2) is 14.4 Å². The molecule has 2 aliphatic heterocycles. The second kappa shape index (κ2) is 9.52. The van der Waals surface area contributed by atoms with Crippen LogP contribution in [0.1, 0.15) is 17.2 Å². The van der Waals surface area contributed by atoms with E-state index in [0.29, 0.717) is 18.0 Å². The van der Waals surface area contributed by atoms with Crippen LogP contribution >= 0.6 is 0 Å². The first kappa shape index (κ1) is 22.9. The van der Waals surface area contributed by atoms with Gasteiger partial charge in [0, 0.05) is 0 Å². The van der Waals surface area contributed by atoms with Crippen LogP contribution in [0.5, 0.6) is 5.75 Å². The van der Waals surface area contributed by atoms with Gasteiger partial charge in [-0.15, -0.1) is 0 Å². The number of hydrogen-bond acceptors (Lipinski definition) is 5. The molecule has 3 atom stereocenters. The van der Waals surface area contributed by atoms with Gasteiger partial charge in [0.1, 0.15) is 24.1 Å². The highest BCUT2D eigenvalue weighted by Gasteiger charge is 2.60. The number of hydroxylamine groups is 1. The number of hydrogen-bond donors (Lipinski definition) is 0. The fraction of sp³-hybridized carbons (Fsp3) is 0.133. The normalized spacial score (nSPS) is 20.8. The summed E-state index contributed by atoms with van der Waals surface area (Å²) in [6.45, 7) is 0.438. The third-order valence-corrected chi connectivity index (χ3v) is 6.68. The first-order valence-electron chi connectivity index (χ1n) is 12.0. The average Bonchev–Trinajstić information content (AvgIpc) is 3.45. The van der Waals surface area contributed by atoms with E-state index in [1.54, 1.807) is 5.06 Å². The molecule has 0 aliphatic carbocycles. The smallest absolute Gasteiger partial charge is 0.266 e. The predicted octanol–water partition coefficient (Wildman–Crippen LogP) is 5.46. The molecule has 0 N–H and O–H groups in total. The van der Waals surface area contributed by atoms with Crippen LogP contribution in [0, 0.1) is 11.7 Å². The maximum atomic E-state index is 13.6. The molecule has 0 bridgehead atoms. The van der Waals surface area contributed by atoms with Gasteiger partial charge in [0.2, 0.25) is 5.91 Å². The lowest BCUT2D eigenvalue weighted by Crippen LogP contribution is -2.37. The van der Waals surface area contributed by atoms with Crippen molar-refractivity contribution in [3.05, 3.63) is 126 Å². The van der Waals surface area contributed by atoms with Gasteiger partial charge in [-0.3, -0.25) is 14.4 Å². The molecule has 7 heteroatoms. The number of amides is 2. The van der Waals surface area contributed by atoms with Crippen LogP contribution in [0.2, 0.25) is 0 Å². The number of carbonyl (C=O) groups excluding carboxylic acids is 2. The Bertz CT molecular complexity index is 1410. The van der Waals surface area contributed by atoms with E-state index in [0.717, 1.165) is 21.7 Å². The number of para-hydroxylation sites is 1. The molecule has 2 saturated heterocycles. The fourth-order valence-corrected chi connectivity index (χ4v) is 4.90. The van der Waals surface area contributed by atoms with Crippen LogP contribution in [0.4, 0.5) is 15.8 Å². The van der Waals surface area contributed by atoms with Crippen LogP contribution in [0.3, 0.4) is 0 Å². The summed E-state index contributed by atoms with van der Waals surface area (Å²) < 4.78 is 19.4. The van der Waals surface area contributed by atoms with Crippen molar-refractivity contribution < 1.29 is 23.6 Å². The summed E-state index contributed by atoms with van der Waals surface area (Å²) in [6.07, 6.45) is -0.989. The quantitative estimate of drug-likeness (QED) is 0.334. The van der Waals surface area contributed by atoms with E-state index in [2.05, 4.69) is 0 Å². The van der Waals surface area contributed by atoms with Crippen molar-refractivity contribution in [1.29, 1.82) is 0 Å². The number of carbonyl (C=O) groups is 2. The fourth-order valence-electron chi connectivity index (χ4n) is 4.90. The summed E-state index contributed by atoms with van der Waals surface area (Å²) in [5, 5.41) is 1.65. The van der Waals surface area contributed by atoms with Crippen molar-refractivity contribution in [2.75, 3.05) is 9.96 Å². The Kier molecular flexibility index (Phi) is 5.90. The van der Waals surface area contributed by atoms with E-state index < -0.39 is 29.8 Å². The van der Waals surface area contributed by atoms with Gasteiger partial charge in [-0.1, -0.05) is 60.7 Å². The standard InChI is InChI=1S/C30H23FN2O4/c31-22-13-15-23(16-14-22)32-29(34)26-27(33(37-28(26)30(32)35)24-9-5-2-6-10-24)21-11-17-25(18-12-21)36-19-20-7-3-1-4-8-20/h1-18,26-28H,19H2. The second-order valence-electron chi connectivity index (χ2n) is 8.99. The molecule has 184 valence electrons. The highest BCUT2D eigenvalue weighted by atomic mass is 19.1. The Hall–Kier alpha value is -4.49. The molecule has 3 unspecified atom stereocenters. The number of nitrogens with zero attached hydrogens (tertiary/aromatic N) is 2. The zero-order chi connectivity index (χ0) is 25.4. The molecule has 2 amide bonds. The molecule has 2 fully saturated rings. The van der Waals surface area contributed by atoms with Crippen molar-refractivity contribution in [2.45, 2.75) is 18.8 Å². The minimum Gasteiger partial charge on any atom is -0.489 e. The van der Waals surface area contributed by atoms with Crippen LogP contribution in [0.15, 0.2) is 109 Å². The average molecular weight is 495 g/mol. The van der Waals surface area contributed by atoms with Gasteiger partial charge in [0.25, 0.3) is 5.91 Å². The lowest BCUT2D eigenvalue weighted by molar-refractivity contribution is -0.126. The topological polar surface area (TPSA) is 59.1 Å². The Balaban J connectivity index is 1.31. The van der Waals surface area contributed by atoms with Crippen molar-refractivity contribution in [2.24, 2.45) is 5.92 Å². The Morgan fingerprint density at radius 2 is 1.38 bits per heavy atom. The molecule has 2 heterocycles. The third-order valence-electron chi connectivity index (χ3n) is 6.68. The maximum Gasteiger partial charge on any atom is 0.266 e. The molecule has 4 aromatic carbocycles. The van der Waals surface area contributed by atoms with Crippen LogP contribution in [-0.2, 0) is 21.0 Å².